The van der Waals surface area contributed by atoms with Crippen molar-refractivity contribution in [3.63, 3.8) is 0 Å². The van der Waals surface area contributed by atoms with Gasteiger partial charge in [0.1, 0.15) is 18.2 Å². The second-order valence-corrected chi connectivity index (χ2v) is 6.57. The van der Waals surface area contributed by atoms with Gasteiger partial charge in [-0.25, -0.2) is 14.3 Å². The fourth-order valence-electron chi connectivity index (χ4n) is 2.93. The Labute approximate surface area is 166 Å². The summed E-state index contributed by atoms with van der Waals surface area (Å²) < 4.78 is 2.97. The van der Waals surface area contributed by atoms with Crippen LogP contribution in [0.25, 0.3) is 10.9 Å². The van der Waals surface area contributed by atoms with Crippen molar-refractivity contribution in [3.05, 3.63) is 82.7 Å². The van der Waals surface area contributed by atoms with Crippen molar-refractivity contribution in [3.8, 4) is 0 Å². The molecule has 2 aromatic carbocycles. The molecule has 0 fully saturated rings. The summed E-state index contributed by atoms with van der Waals surface area (Å²) in [5.41, 5.74) is 2.39. The predicted octanol–water partition coefficient (Wildman–Crippen LogP) is 1.14. The van der Waals surface area contributed by atoms with Crippen molar-refractivity contribution in [2.45, 2.75) is 26.1 Å². The third-order valence-corrected chi connectivity index (χ3v) is 4.50. The molecule has 9 nitrogen and oxygen atoms in total. The molecular weight excluding hydrogens is 370 g/mol. The highest BCUT2D eigenvalue weighted by molar-refractivity contribution is 5.77. The van der Waals surface area contributed by atoms with Gasteiger partial charge in [0.25, 0.3) is 5.56 Å². The molecule has 4 aromatic rings. The van der Waals surface area contributed by atoms with Crippen LogP contribution in [0.4, 0.5) is 0 Å². The van der Waals surface area contributed by atoms with Gasteiger partial charge in [-0.05, 0) is 23.3 Å². The van der Waals surface area contributed by atoms with E-state index in [0.29, 0.717) is 24.0 Å². The molecule has 146 valence electrons. The van der Waals surface area contributed by atoms with E-state index in [1.165, 1.54) is 11.0 Å². The number of fused-ring (bicyclic) bond motifs is 1. The van der Waals surface area contributed by atoms with Crippen LogP contribution < -0.4 is 10.9 Å². The van der Waals surface area contributed by atoms with E-state index < -0.39 is 0 Å². The van der Waals surface area contributed by atoms with Crippen molar-refractivity contribution in [2.24, 2.45) is 0 Å². The molecule has 0 aliphatic rings. The van der Waals surface area contributed by atoms with Crippen LogP contribution in [0.5, 0.6) is 0 Å². The third kappa shape index (κ3) is 4.52. The van der Waals surface area contributed by atoms with Gasteiger partial charge in [-0.1, -0.05) is 41.6 Å². The average Bonchev–Trinajstić information content (AvgIpc) is 3.26. The number of aromatic nitrogens is 6. The van der Waals surface area contributed by atoms with E-state index in [1.807, 2.05) is 24.3 Å². The Balaban J connectivity index is 1.29. The second kappa shape index (κ2) is 8.42. The van der Waals surface area contributed by atoms with Gasteiger partial charge in [0.15, 0.2) is 0 Å². The maximum atomic E-state index is 12.4. The van der Waals surface area contributed by atoms with Crippen molar-refractivity contribution >= 4 is 16.8 Å². The summed E-state index contributed by atoms with van der Waals surface area (Å²) in [4.78, 5) is 28.5. The Bertz CT molecular complexity index is 1170. The van der Waals surface area contributed by atoms with Gasteiger partial charge in [0.2, 0.25) is 5.91 Å². The zero-order valence-corrected chi connectivity index (χ0v) is 15.6. The number of aryl methyl sites for hydroxylation is 1. The van der Waals surface area contributed by atoms with E-state index in [2.05, 4.69) is 25.7 Å². The van der Waals surface area contributed by atoms with Gasteiger partial charge in [-0.2, -0.15) is 5.10 Å². The van der Waals surface area contributed by atoms with Crippen molar-refractivity contribution < 1.29 is 4.79 Å². The Morgan fingerprint density at radius 3 is 2.62 bits per heavy atom. The smallest absolute Gasteiger partial charge is 0.277 e. The lowest BCUT2D eigenvalue weighted by atomic mass is 10.1. The van der Waals surface area contributed by atoms with Crippen LogP contribution in [0.2, 0.25) is 0 Å². The standard InChI is InChI=1S/C20H19N7O2/c28-19(9-10-27-20(29)17-3-1-2-4-18(17)24-25-27)22-11-15-5-7-16(8-6-15)12-26-14-21-13-23-26/h1-8,13-14H,9-12H2,(H,22,28). The van der Waals surface area contributed by atoms with Crippen LogP contribution in [0.15, 0.2) is 66.0 Å². The molecule has 0 atom stereocenters. The fourth-order valence-corrected chi connectivity index (χ4v) is 2.93. The summed E-state index contributed by atoms with van der Waals surface area (Å²) in [6, 6.07) is 14.9. The van der Waals surface area contributed by atoms with E-state index in [0.717, 1.165) is 11.1 Å². The van der Waals surface area contributed by atoms with Crippen LogP contribution in [0.1, 0.15) is 17.5 Å². The number of nitrogens with one attached hydrogen (secondary N) is 1. The Morgan fingerprint density at radius 1 is 1.03 bits per heavy atom. The van der Waals surface area contributed by atoms with Gasteiger partial charge in [0, 0.05) is 13.0 Å². The summed E-state index contributed by atoms with van der Waals surface area (Å²) in [6.07, 6.45) is 3.32. The maximum absolute atomic E-state index is 12.4. The summed E-state index contributed by atoms with van der Waals surface area (Å²) in [6.45, 7) is 1.24. The Kier molecular flexibility index (Phi) is 5.37. The number of nitrogens with zero attached hydrogens (tertiary/aromatic N) is 6. The number of hydrogen-bond acceptors (Lipinski definition) is 6. The number of hydrogen-bond donors (Lipinski definition) is 1. The minimum absolute atomic E-state index is 0.150. The molecule has 9 heteroatoms. The van der Waals surface area contributed by atoms with Crippen LogP contribution >= 0.6 is 0 Å². The monoisotopic (exact) mass is 389 g/mol. The molecule has 0 radical (unpaired) electrons. The molecule has 0 aliphatic carbocycles. The molecule has 1 amide bonds. The van der Waals surface area contributed by atoms with Crippen molar-refractivity contribution in [2.75, 3.05) is 0 Å². The second-order valence-electron chi connectivity index (χ2n) is 6.57. The van der Waals surface area contributed by atoms with Gasteiger partial charge in [0.05, 0.1) is 18.5 Å². The summed E-state index contributed by atoms with van der Waals surface area (Å²) in [7, 11) is 0. The predicted molar refractivity (Wildman–Crippen MR) is 106 cm³/mol. The van der Waals surface area contributed by atoms with Crippen LogP contribution in [-0.4, -0.2) is 35.7 Å². The number of carbonyl (C=O) groups is 1. The lowest BCUT2D eigenvalue weighted by Gasteiger charge is -2.08. The van der Waals surface area contributed by atoms with Gasteiger partial charge in [-0.3, -0.25) is 9.59 Å². The molecule has 1 N–H and O–H groups in total. The zero-order valence-electron chi connectivity index (χ0n) is 15.6. The molecule has 0 aliphatic heterocycles. The first-order valence-corrected chi connectivity index (χ1v) is 9.18. The summed E-state index contributed by atoms with van der Waals surface area (Å²) in [5.74, 6) is -0.154. The van der Waals surface area contributed by atoms with E-state index in [9.17, 15) is 9.59 Å². The highest BCUT2D eigenvalue weighted by Gasteiger charge is 2.08. The van der Waals surface area contributed by atoms with E-state index in [1.54, 1.807) is 35.3 Å². The van der Waals surface area contributed by atoms with Gasteiger partial charge >= 0.3 is 0 Å². The molecule has 29 heavy (non-hydrogen) atoms. The van der Waals surface area contributed by atoms with E-state index in [-0.39, 0.29) is 24.4 Å². The molecule has 0 unspecified atom stereocenters. The highest BCUT2D eigenvalue weighted by atomic mass is 16.2. The number of carbonyl (C=O) groups excluding carboxylic acids is 1. The lowest BCUT2D eigenvalue weighted by Crippen LogP contribution is -2.29. The largest absolute Gasteiger partial charge is 0.352 e. The van der Waals surface area contributed by atoms with Crippen LogP contribution in [0, 0.1) is 0 Å². The maximum Gasteiger partial charge on any atom is 0.277 e. The SMILES string of the molecule is O=C(CCn1nnc2ccccc2c1=O)NCc1ccc(Cn2cncn2)cc1. The molecule has 2 aromatic heterocycles. The molecule has 2 heterocycles. The van der Waals surface area contributed by atoms with Crippen molar-refractivity contribution in [1.29, 1.82) is 0 Å². The molecule has 4 rings (SSSR count). The minimum Gasteiger partial charge on any atom is -0.352 e. The molecule has 0 bridgehead atoms. The number of rotatable bonds is 7. The lowest BCUT2D eigenvalue weighted by molar-refractivity contribution is -0.121. The summed E-state index contributed by atoms with van der Waals surface area (Å²) >= 11 is 0. The van der Waals surface area contributed by atoms with Crippen LogP contribution in [-0.2, 0) is 24.4 Å². The topological polar surface area (TPSA) is 108 Å². The Hall–Kier alpha value is -3.88. The molecule has 0 saturated heterocycles. The van der Waals surface area contributed by atoms with Crippen LogP contribution in [0.3, 0.4) is 0 Å². The fraction of sp³-hybridized carbons (Fsp3) is 0.200. The molecule has 0 saturated carbocycles. The highest BCUT2D eigenvalue weighted by Crippen LogP contribution is 2.06. The average molecular weight is 389 g/mol. The summed E-state index contributed by atoms with van der Waals surface area (Å²) in [5, 5.41) is 15.4. The minimum atomic E-state index is -0.244. The van der Waals surface area contributed by atoms with E-state index >= 15 is 0 Å². The van der Waals surface area contributed by atoms with E-state index in [4.69, 9.17) is 0 Å². The first kappa shape index (κ1) is 18.5. The van der Waals surface area contributed by atoms with Crippen molar-refractivity contribution in [1.82, 2.24) is 35.1 Å². The molecular formula is C20H19N7O2. The molecule has 0 spiro atoms. The number of amides is 1. The first-order chi connectivity index (χ1) is 14.2. The normalized spacial score (nSPS) is 10.9. The van der Waals surface area contributed by atoms with Gasteiger partial charge in [-0.15, -0.1) is 5.10 Å². The zero-order chi connectivity index (χ0) is 20.1. The quantitative estimate of drug-likeness (QED) is 0.508. The third-order valence-electron chi connectivity index (χ3n) is 4.50. The van der Waals surface area contributed by atoms with Gasteiger partial charge < -0.3 is 5.32 Å². The first-order valence-electron chi connectivity index (χ1n) is 9.18. The number of benzene rings is 2. The Morgan fingerprint density at radius 2 is 1.83 bits per heavy atom.